The molecule has 3 N–H and O–H groups in total. The third-order valence-electron chi connectivity index (χ3n) is 2.75. The van der Waals surface area contributed by atoms with Crippen molar-refractivity contribution in [2.75, 3.05) is 5.32 Å². The number of benzene rings is 1. The van der Waals surface area contributed by atoms with Crippen molar-refractivity contribution in [1.82, 2.24) is 9.97 Å². The highest BCUT2D eigenvalue weighted by atomic mass is 35.5. The van der Waals surface area contributed by atoms with Crippen LogP contribution in [0.3, 0.4) is 0 Å². The van der Waals surface area contributed by atoms with Gasteiger partial charge < -0.3 is 10.2 Å². The van der Waals surface area contributed by atoms with Crippen molar-refractivity contribution in [2.45, 2.75) is 6.18 Å². The quantitative estimate of drug-likeness (QED) is 0.739. The lowest BCUT2D eigenvalue weighted by atomic mass is 10.2. The van der Waals surface area contributed by atoms with Crippen LogP contribution in [0.25, 0.3) is 11.1 Å². The average molecular weight is 363 g/mol. The van der Waals surface area contributed by atoms with Crippen molar-refractivity contribution >= 4 is 51.1 Å². The van der Waals surface area contributed by atoms with Gasteiger partial charge in [-0.15, -0.1) is 11.3 Å². The number of hydrogen-bond acceptors (Lipinski definition) is 6. The normalized spacial score (nSPS) is 11.8. The van der Waals surface area contributed by atoms with Crippen LogP contribution in [0.4, 0.5) is 24.3 Å². The molecular formula is C12H6ClF3N4O2S. The van der Waals surface area contributed by atoms with Crippen LogP contribution in [0.1, 0.15) is 16.1 Å². The van der Waals surface area contributed by atoms with Gasteiger partial charge in [0.25, 0.3) is 5.91 Å². The molecule has 0 spiro atoms. The number of halogens is 4. The monoisotopic (exact) mass is 362 g/mol. The largest absolute Gasteiger partial charge is 0.423 e. The van der Waals surface area contributed by atoms with Crippen LogP contribution in [0.5, 0.6) is 0 Å². The Morgan fingerprint density at radius 3 is 2.70 bits per heavy atom. The lowest BCUT2D eigenvalue weighted by molar-refractivity contribution is -0.137. The van der Waals surface area contributed by atoms with Crippen molar-refractivity contribution in [1.29, 1.82) is 0 Å². The summed E-state index contributed by atoms with van der Waals surface area (Å²) >= 11 is 6.67. The average Bonchev–Trinajstić information content (AvgIpc) is 3.03. The number of carbonyl (C=O) groups excluding carboxylic acids is 1. The summed E-state index contributed by atoms with van der Waals surface area (Å²) in [5.74, 6) is -0.700. The fourth-order valence-corrected chi connectivity index (χ4v) is 2.71. The highest BCUT2D eigenvalue weighted by molar-refractivity contribution is 7.14. The van der Waals surface area contributed by atoms with Crippen molar-refractivity contribution in [3.63, 3.8) is 0 Å². The van der Waals surface area contributed by atoms with Crippen molar-refractivity contribution < 1.29 is 22.4 Å². The predicted octanol–water partition coefficient (Wildman–Crippen LogP) is 3.80. The number of nitrogens with one attached hydrogen (secondary N) is 1. The number of primary amides is 1. The topological polar surface area (TPSA) is 94.0 Å². The number of alkyl halides is 3. The highest BCUT2D eigenvalue weighted by Gasteiger charge is 2.34. The Balaban J connectivity index is 1.95. The number of carbonyl (C=O) groups is 1. The van der Waals surface area contributed by atoms with Gasteiger partial charge in [-0.3, -0.25) is 10.1 Å². The van der Waals surface area contributed by atoms with Crippen LogP contribution in [-0.2, 0) is 6.18 Å². The Bertz CT molecular complexity index is 905. The van der Waals surface area contributed by atoms with Gasteiger partial charge in [-0.2, -0.15) is 18.2 Å². The Kier molecular flexibility index (Phi) is 3.65. The fourth-order valence-electron chi connectivity index (χ4n) is 1.76. The van der Waals surface area contributed by atoms with Gasteiger partial charge in [0.15, 0.2) is 10.7 Å². The summed E-state index contributed by atoms with van der Waals surface area (Å²) in [7, 11) is 0. The Morgan fingerprint density at radius 2 is 2.09 bits per heavy atom. The maximum absolute atomic E-state index is 12.8. The second kappa shape index (κ2) is 5.39. The smallest absolute Gasteiger partial charge is 0.417 e. The van der Waals surface area contributed by atoms with Gasteiger partial charge in [-0.05, 0) is 6.07 Å². The van der Waals surface area contributed by atoms with E-state index < -0.39 is 22.7 Å². The number of aromatic nitrogens is 2. The van der Waals surface area contributed by atoms with Crippen molar-refractivity contribution in [2.24, 2.45) is 5.73 Å². The first kappa shape index (κ1) is 15.6. The summed E-state index contributed by atoms with van der Waals surface area (Å²) in [4.78, 5) is 18.7. The van der Waals surface area contributed by atoms with Crippen LogP contribution >= 0.6 is 22.9 Å². The van der Waals surface area contributed by atoms with Crippen LogP contribution in [0, 0.1) is 0 Å². The molecule has 0 aliphatic heterocycles. The maximum Gasteiger partial charge on any atom is 0.417 e. The molecule has 0 unspecified atom stereocenters. The molecule has 2 heterocycles. The summed E-state index contributed by atoms with van der Waals surface area (Å²) in [6, 6.07) is 1.75. The van der Waals surface area contributed by atoms with Crippen molar-refractivity contribution in [3.8, 4) is 0 Å². The number of hydrogen-bond donors (Lipinski definition) is 2. The summed E-state index contributed by atoms with van der Waals surface area (Å²) in [5, 5.41) is 3.84. The highest BCUT2D eigenvalue weighted by Crippen LogP contribution is 2.37. The predicted molar refractivity (Wildman–Crippen MR) is 77.9 cm³/mol. The van der Waals surface area contributed by atoms with Crippen molar-refractivity contribution in [3.05, 3.63) is 33.8 Å². The van der Waals surface area contributed by atoms with Gasteiger partial charge in [0.1, 0.15) is 11.2 Å². The maximum atomic E-state index is 12.8. The number of rotatable bonds is 3. The van der Waals surface area contributed by atoms with Gasteiger partial charge in [0.2, 0.25) is 0 Å². The van der Waals surface area contributed by atoms with E-state index in [-0.39, 0.29) is 27.9 Å². The second-order valence-electron chi connectivity index (χ2n) is 4.34. The lowest BCUT2D eigenvalue weighted by Gasteiger charge is -2.07. The van der Waals surface area contributed by atoms with E-state index in [0.717, 1.165) is 23.5 Å². The number of nitrogens with two attached hydrogens (primary N) is 1. The van der Waals surface area contributed by atoms with Gasteiger partial charge in [0.05, 0.1) is 10.6 Å². The van der Waals surface area contributed by atoms with Gasteiger partial charge in [-0.1, -0.05) is 11.6 Å². The first-order valence-electron chi connectivity index (χ1n) is 5.93. The molecular weight excluding hydrogens is 357 g/mol. The van der Waals surface area contributed by atoms with E-state index in [9.17, 15) is 18.0 Å². The first-order valence-corrected chi connectivity index (χ1v) is 7.19. The van der Waals surface area contributed by atoms with Crippen LogP contribution in [-0.4, -0.2) is 15.9 Å². The standard InChI is InChI=1S/C12H6ClF3N4O2S/c13-5-2-8-6(1-4(5)12(14,15)16)18-10(22-8)20-11-19-7(3-23-11)9(17)21/h1-3H,(H2,17,21)(H,18,19,20). The lowest BCUT2D eigenvalue weighted by Crippen LogP contribution is -2.11. The van der Waals surface area contributed by atoms with Gasteiger partial charge in [0, 0.05) is 11.4 Å². The third-order valence-corrected chi connectivity index (χ3v) is 3.82. The molecule has 0 aliphatic carbocycles. The molecule has 1 aromatic carbocycles. The zero-order valence-corrected chi connectivity index (χ0v) is 12.5. The van der Waals surface area contributed by atoms with Crippen LogP contribution in [0.2, 0.25) is 5.02 Å². The molecule has 0 saturated heterocycles. The SMILES string of the molecule is NC(=O)c1csc(Nc2nc3cc(C(F)(F)F)c(Cl)cc3o2)n1. The second-order valence-corrected chi connectivity index (χ2v) is 5.61. The minimum atomic E-state index is -4.59. The molecule has 6 nitrogen and oxygen atoms in total. The zero-order valence-electron chi connectivity index (χ0n) is 10.9. The minimum absolute atomic E-state index is 0.0177. The van der Waals surface area contributed by atoms with Gasteiger partial charge in [-0.25, -0.2) is 4.98 Å². The molecule has 3 rings (SSSR count). The Labute approximate surface area is 135 Å². The molecule has 0 atom stereocenters. The van der Waals surface area contributed by atoms with E-state index >= 15 is 0 Å². The minimum Gasteiger partial charge on any atom is -0.423 e. The van der Waals surface area contributed by atoms with Gasteiger partial charge >= 0.3 is 12.2 Å². The van der Waals surface area contributed by atoms with E-state index in [0.29, 0.717) is 0 Å². The third kappa shape index (κ3) is 3.08. The molecule has 2 aromatic heterocycles. The molecule has 11 heteroatoms. The number of fused-ring (bicyclic) bond motifs is 1. The molecule has 120 valence electrons. The Hall–Kier alpha value is -2.33. The molecule has 0 saturated carbocycles. The molecule has 23 heavy (non-hydrogen) atoms. The number of amides is 1. The number of thiazole rings is 1. The molecule has 1 amide bonds. The summed E-state index contributed by atoms with van der Waals surface area (Å²) < 4.78 is 43.7. The zero-order chi connectivity index (χ0) is 16.8. The number of oxazole rings is 1. The summed E-state index contributed by atoms with van der Waals surface area (Å²) in [5.41, 5.74) is 4.18. The van der Waals surface area contributed by atoms with E-state index in [1.54, 1.807) is 0 Å². The molecule has 0 bridgehead atoms. The molecule has 0 radical (unpaired) electrons. The molecule has 0 aliphatic rings. The van der Waals surface area contributed by atoms with E-state index in [4.69, 9.17) is 21.8 Å². The van der Waals surface area contributed by atoms with E-state index in [2.05, 4.69) is 15.3 Å². The number of anilines is 2. The summed E-state index contributed by atoms with van der Waals surface area (Å²) in [6.07, 6.45) is -4.59. The van der Waals surface area contributed by atoms with Crippen LogP contribution in [0.15, 0.2) is 21.9 Å². The van der Waals surface area contributed by atoms with E-state index in [1.165, 1.54) is 5.38 Å². The fraction of sp³-hybridized carbons (Fsp3) is 0.0833. The Morgan fingerprint density at radius 1 is 1.35 bits per heavy atom. The summed E-state index contributed by atoms with van der Waals surface area (Å²) in [6.45, 7) is 0. The first-order chi connectivity index (χ1) is 10.7. The van der Waals surface area contributed by atoms with E-state index in [1.807, 2.05) is 0 Å². The molecule has 0 fully saturated rings. The molecule has 3 aromatic rings. The number of nitrogens with zero attached hydrogens (tertiary/aromatic N) is 2. The van der Waals surface area contributed by atoms with Crippen LogP contribution < -0.4 is 11.1 Å².